The van der Waals surface area contributed by atoms with Gasteiger partial charge >= 0.3 is 72.8 Å². The topological polar surface area (TPSA) is 91.7 Å². The first-order valence-electron chi connectivity index (χ1n) is 1.06. The van der Waals surface area contributed by atoms with Gasteiger partial charge in [0.1, 0.15) is 0 Å². The van der Waals surface area contributed by atoms with Crippen LogP contribution in [0.2, 0.25) is 0 Å². The van der Waals surface area contributed by atoms with E-state index in [0.717, 1.165) is 0 Å². The number of hydrogen-bond donors (Lipinski definition) is 2. The molecule has 0 bridgehead atoms. The molecule has 0 radical (unpaired) electrons. The van der Waals surface area contributed by atoms with E-state index in [-0.39, 0.29) is 40.6 Å². The van der Waals surface area contributed by atoms with Gasteiger partial charge in [-0.05, 0) is 0 Å². The minimum atomic E-state index is -2.27. The van der Waals surface area contributed by atoms with Crippen LogP contribution in [0.15, 0.2) is 0 Å². The molecule has 0 heterocycles. The SMILES string of the molecule is O=C(O)O.[Ca+2].[H-].[H-].[O]=[Zr]=[O]. The molecular formula is CH4CaO5Zr. The number of hydrogen-bond acceptors (Lipinski definition) is 3. The van der Waals surface area contributed by atoms with E-state index in [1.54, 1.807) is 0 Å². The fraction of sp³-hybridized carbons (Fsp3) is 0. The number of carboxylic acid groups (broad SMARTS) is 2. The van der Waals surface area contributed by atoms with Gasteiger partial charge in [0.25, 0.3) is 0 Å². The summed E-state index contributed by atoms with van der Waals surface area (Å²) in [4.78, 5) is 8.56. The van der Waals surface area contributed by atoms with Gasteiger partial charge in [-0.2, -0.15) is 0 Å². The van der Waals surface area contributed by atoms with E-state index in [9.17, 15) is 0 Å². The van der Waals surface area contributed by atoms with E-state index in [1.165, 1.54) is 0 Å². The summed E-state index contributed by atoms with van der Waals surface area (Å²) in [7, 11) is 0. The van der Waals surface area contributed by atoms with Gasteiger partial charge < -0.3 is 13.1 Å². The van der Waals surface area contributed by atoms with Crippen molar-refractivity contribution in [3.05, 3.63) is 0 Å². The normalized spacial score (nSPS) is 4.00. The Kier molecular flexibility index (Phi) is 31.4. The van der Waals surface area contributed by atoms with E-state index in [4.69, 9.17) is 20.6 Å². The zero-order valence-corrected chi connectivity index (χ0v) is 8.49. The molecule has 0 spiro atoms. The molecule has 0 atom stereocenters. The molecule has 44 valence electrons. The third-order valence-corrected chi connectivity index (χ3v) is 0. The van der Waals surface area contributed by atoms with Crippen LogP contribution in [0.5, 0.6) is 0 Å². The van der Waals surface area contributed by atoms with Crippen LogP contribution >= 0.6 is 0 Å². The van der Waals surface area contributed by atoms with Crippen LogP contribution in [-0.2, 0) is 28.9 Å². The Balaban J connectivity index is -0.0000000131. The molecule has 0 aliphatic heterocycles. The molecule has 0 saturated heterocycles. The first-order chi connectivity index (χ1) is 3.15. The van der Waals surface area contributed by atoms with Crippen LogP contribution in [0, 0.1) is 0 Å². The summed E-state index contributed by atoms with van der Waals surface area (Å²) in [5.41, 5.74) is 0. The predicted molar refractivity (Wildman–Crippen MR) is 20.0 cm³/mol. The summed E-state index contributed by atoms with van der Waals surface area (Å²) in [6.07, 6.45) is -1.83. The molecule has 0 rings (SSSR count). The summed E-state index contributed by atoms with van der Waals surface area (Å²) in [6.45, 7) is 0. The van der Waals surface area contributed by atoms with E-state index in [1.807, 2.05) is 0 Å². The van der Waals surface area contributed by atoms with E-state index >= 15 is 0 Å². The first-order valence-corrected chi connectivity index (χ1v) is 3.07. The van der Waals surface area contributed by atoms with Crippen molar-refractivity contribution in [1.29, 1.82) is 0 Å². The fourth-order valence-corrected chi connectivity index (χ4v) is 0. The Labute approximate surface area is 89.5 Å². The van der Waals surface area contributed by atoms with E-state index in [2.05, 4.69) is 0 Å². The molecule has 0 saturated carbocycles. The van der Waals surface area contributed by atoms with Gasteiger partial charge in [-0.25, -0.2) is 4.79 Å². The summed E-state index contributed by atoms with van der Waals surface area (Å²) in [5.74, 6) is 0. The summed E-state index contributed by atoms with van der Waals surface area (Å²) in [5, 5.41) is 13.9. The molecule has 0 aliphatic carbocycles. The van der Waals surface area contributed by atoms with Crippen molar-refractivity contribution in [3.8, 4) is 0 Å². The van der Waals surface area contributed by atoms with Crippen molar-refractivity contribution in [2.45, 2.75) is 0 Å². The average molecular weight is 227 g/mol. The van der Waals surface area contributed by atoms with Crippen LogP contribution in [-0.4, -0.2) is 54.1 Å². The standard InChI is InChI=1S/CH2O3.Ca.2O.Zr.2H/c2-1(3)4;;;;;;/h(H2,2,3,4);;;;;;/q;+2;;;;2*-1. The zero-order valence-electron chi connectivity index (χ0n) is 5.83. The molecule has 0 unspecified atom stereocenters. The van der Waals surface area contributed by atoms with Gasteiger partial charge in [-0.1, -0.05) is 0 Å². The maximum absolute atomic E-state index is 8.56. The molecule has 0 aromatic heterocycles. The second kappa shape index (κ2) is 15.7. The monoisotopic (exact) mass is 226 g/mol. The average Bonchev–Trinajstić information content (AvgIpc) is 1.33. The van der Waals surface area contributed by atoms with Gasteiger partial charge in [0, 0.05) is 0 Å². The number of carbonyl (C=O) groups is 1. The van der Waals surface area contributed by atoms with Crippen molar-refractivity contribution in [2.75, 3.05) is 0 Å². The van der Waals surface area contributed by atoms with Crippen LogP contribution < -0.4 is 0 Å². The Hall–Kier alpha value is 1.01. The van der Waals surface area contributed by atoms with Gasteiger partial charge in [-0.15, -0.1) is 0 Å². The molecular weight excluding hydrogens is 223 g/mol. The predicted octanol–water partition coefficient (Wildman–Crippen LogP) is -0.173. The van der Waals surface area contributed by atoms with Crippen molar-refractivity contribution in [2.24, 2.45) is 0 Å². The Bertz CT molecular complexity index is 87.6. The summed E-state index contributed by atoms with van der Waals surface area (Å²) in [6, 6.07) is 0. The maximum atomic E-state index is 8.56. The molecule has 0 aliphatic rings. The minimum absolute atomic E-state index is 0. The Morgan fingerprint density at radius 3 is 1.38 bits per heavy atom. The fourth-order valence-electron chi connectivity index (χ4n) is 0. The molecule has 5 nitrogen and oxygen atoms in total. The van der Waals surface area contributed by atoms with Gasteiger partial charge in [-0.3, -0.25) is 0 Å². The van der Waals surface area contributed by atoms with Crippen molar-refractivity contribution < 1.29 is 46.7 Å². The number of rotatable bonds is 0. The molecule has 0 aromatic rings. The van der Waals surface area contributed by atoms with Crippen LogP contribution in [0.3, 0.4) is 0 Å². The Morgan fingerprint density at radius 1 is 1.38 bits per heavy atom. The van der Waals surface area contributed by atoms with Gasteiger partial charge in [0.05, 0.1) is 0 Å². The van der Waals surface area contributed by atoms with Crippen LogP contribution in [0.4, 0.5) is 4.79 Å². The molecule has 2 N–H and O–H groups in total. The van der Waals surface area contributed by atoms with E-state index in [0.29, 0.717) is 0 Å². The van der Waals surface area contributed by atoms with Crippen molar-refractivity contribution in [3.63, 3.8) is 0 Å². The Morgan fingerprint density at radius 2 is 1.38 bits per heavy atom. The third kappa shape index (κ3) is 247. The van der Waals surface area contributed by atoms with Crippen molar-refractivity contribution >= 4 is 43.9 Å². The molecule has 0 amide bonds. The summed E-state index contributed by atoms with van der Waals surface area (Å²) < 4.78 is 17.1. The summed E-state index contributed by atoms with van der Waals surface area (Å²) >= 11 is -2.27. The third-order valence-electron chi connectivity index (χ3n) is 0. The van der Waals surface area contributed by atoms with Gasteiger partial charge in [0.2, 0.25) is 0 Å². The first kappa shape index (κ1) is 16.0. The second-order valence-corrected chi connectivity index (χ2v) is 0.776. The second-order valence-electron chi connectivity index (χ2n) is 0.366. The van der Waals surface area contributed by atoms with Crippen LogP contribution in [0.25, 0.3) is 0 Å². The van der Waals surface area contributed by atoms with Crippen LogP contribution in [0.1, 0.15) is 2.85 Å². The van der Waals surface area contributed by atoms with Crippen molar-refractivity contribution in [1.82, 2.24) is 0 Å². The van der Waals surface area contributed by atoms with Gasteiger partial charge in [0.15, 0.2) is 0 Å². The molecule has 0 aromatic carbocycles. The molecule has 0 fully saturated rings. The molecule has 8 heavy (non-hydrogen) atoms. The zero-order chi connectivity index (χ0) is 6.28. The quantitative estimate of drug-likeness (QED) is 0.560. The molecule has 7 heteroatoms. The van der Waals surface area contributed by atoms with E-state index < -0.39 is 29.4 Å².